The molecule has 2 heterocycles. The molecular weight excluding hydrogens is 362 g/mol. The lowest BCUT2D eigenvalue weighted by molar-refractivity contribution is -0.142. The van der Waals surface area contributed by atoms with E-state index in [1.807, 2.05) is 12.1 Å². The molecule has 0 bridgehead atoms. The zero-order valence-corrected chi connectivity index (χ0v) is 14.7. The van der Waals surface area contributed by atoms with Gasteiger partial charge in [-0.3, -0.25) is 9.48 Å². The van der Waals surface area contributed by atoms with Crippen LogP contribution < -0.4 is 0 Å². The molecular formula is C19H19F4N3O. The van der Waals surface area contributed by atoms with Gasteiger partial charge in [0.1, 0.15) is 11.9 Å². The van der Waals surface area contributed by atoms with E-state index in [9.17, 15) is 22.4 Å². The highest BCUT2D eigenvalue weighted by atomic mass is 19.4. The number of piperidine rings is 1. The third-order valence-electron chi connectivity index (χ3n) is 4.59. The summed E-state index contributed by atoms with van der Waals surface area (Å²) in [6.45, 7) is 2.48. The van der Waals surface area contributed by atoms with Gasteiger partial charge in [0, 0.05) is 19.3 Å². The van der Waals surface area contributed by atoms with E-state index >= 15 is 0 Å². The van der Waals surface area contributed by atoms with Crippen molar-refractivity contribution in [2.45, 2.75) is 32.0 Å². The SMILES string of the molecule is CC(C(=O)N1CCC(=Cc2cccc(F)c2)CC1)n1ccc(C(F)(F)F)n1. The second kappa shape index (κ2) is 7.54. The van der Waals surface area contributed by atoms with E-state index in [0.29, 0.717) is 25.9 Å². The van der Waals surface area contributed by atoms with Crippen molar-refractivity contribution in [3.8, 4) is 0 Å². The molecule has 0 saturated carbocycles. The van der Waals surface area contributed by atoms with Gasteiger partial charge in [-0.25, -0.2) is 4.39 Å². The molecule has 0 radical (unpaired) electrons. The Labute approximate surface area is 154 Å². The van der Waals surface area contributed by atoms with Crippen molar-refractivity contribution in [3.63, 3.8) is 0 Å². The van der Waals surface area contributed by atoms with E-state index < -0.39 is 17.9 Å². The van der Waals surface area contributed by atoms with Crippen LogP contribution in [0.1, 0.15) is 37.1 Å². The molecule has 4 nitrogen and oxygen atoms in total. The van der Waals surface area contributed by atoms with Gasteiger partial charge in [-0.2, -0.15) is 18.3 Å². The molecule has 0 N–H and O–H groups in total. The molecule has 1 aliphatic heterocycles. The average molecular weight is 381 g/mol. The first-order valence-corrected chi connectivity index (χ1v) is 8.60. The van der Waals surface area contributed by atoms with Gasteiger partial charge in [0.15, 0.2) is 5.69 Å². The summed E-state index contributed by atoms with van der Waals surface area (Å²) in [6.07, 6.45) is -0.165. The van der Waals surface area contributed by atoms with Crippen LogP contribution in [0.3, 0.4) is 0 Å². The molecule has 1 atom stereocenters. The number of carbonyl (C=O) groups excluding carboxylic acids is 1. The Balaban J connectivity index is 1.62. The van der Waals surface area contributed by atoms with E-state index in [0.717, 1.165) is 21.9 Å². The van der Waals surface area contributed by atoms with E-state index in [4.69, 9.17) is 0 Å². The van der Waals surface area contributed by atoms with Gasteiger partial charge in [-0.05, 0) is 43.5 Å². The van der Waals surface area contributed by atoms with Crippen molar-refractivity contribution in [1.29, 1.82) is 0 Å². The summed E-state index contributed by atoms with van der Waals surface area (Å²) in [6, 6.07) is 6.33. The van der Waals surface area contributed by atoms with Gasteiger partial charge < -0.3 is 4.90 Å². The van der Waals surface area contributed by atoms with E-state index in [1.54, 1.807) is 11.0 Å². The highest BCUT2D eigenvalue weighted by molar-refractivity contribution is 5.80. The number of nitrogens with zero attached hydrogens (tertiary/aromatic N) is 3. The molecule has 2 aromatic rings. The topological polar surface area (TPSA) is 38.1 Å². The quantitative estimate of drug-likeness (QED) is 0.744. The molecule has 1 fully saturated rings. The second-order valence-corrected chi connectivity index (χ2v) is 6.54. The van der Waals surface area contributed by atoms with Crippen molar-refractivity contribution in [2.24, 2.45) is 0 Å². The number of hydrogen-bond donors (Lipinski definition) is 0. The predicted octanol–water partition coefficient (Wildman–Crippen LogP) is 4.31. The largest absolute Gasteiger partial charge is 0.435 e. The summed E-state index contributed by atoms with van der Waals surface area (Å²) in [5, 5.41) is 3.47. The summed E-state index contributed by atoms with van der Waals surface area (Å²) in [4.78, 5) is 14.2. The van der Waals surface area contributed by atoms with Crippen molar-refractivity contribution in [2.75, 3.05) is 13.1 Å². The van der Waals surface area contributed by atoms with Crippen LogP contribution in [0.5, 0.6) is 0 Å². The fourth-order valence-corrected chi connectivity index (χ4v) is 3.07. The summed E-state index contributed by atoms with van der Waals surface area (Å²) < 4.78 is 52.3. The van der Waals surface area contributed by atoms with Gasteiger partial charge in [0.2, 0.25) is 5.91 Å². The number of carbonyl (C=O) groups is 1. The summed E-state index contributed by atoms with van der Waals surface area (Å²) in [7, 11) is 0. The van der Waals surface area contributed by atoms with Crippen molar-refractivity contribution in [1.82, 2.24) is 14.7 Å². The molecule has 0 spiro atoms. The van der Waals surface area contributed by atoms with E-state index in [-0.39, 0.29) is 11.7 Å². The smallest absolute Gasteiger partial charge is 0.340 e. The maximum absolute atomic E-state index is 13.3. The number of hydrogen-bond acceptors (Lipinski definition) is 2. The molecule has 144 valence electrons. The first kappa shape index (κ1) is 19.1. The maximum Gasteiger partial charge on any atom is 0.435 e. The third kappa shape index (κ3) is 4.56. The molecule has 1 aliphatic rings. The van der Waals surface area contributed by atoms with Crippen molar-refractivity contribution in [3.05, 3.63) is 59.2 Å². The Hall–Kier alpha value is -2.64. The Bertz CT molecular complexity index is 847. The van der Waals surface area contributed by atoms with Crippen LogP contribution in [0.15, 0.2) is 42.1 Å². The normalized spacial score (nSPS) is 16.3. The van der Waals surface area contributed by atoms with Crippen molar-refractivity contribution >= 4 is 12.0 Å². The number of halogens is 4. The lowest BCUT2D eigenvalue weighted by Crippen LogP contribution is -2.40. The monoisotopic (exact) mass is 381 g/mol. The lowest BCUT2D eigenvalue weighted by Gasteiger charge is -2.30. The van der Waals surface area contributed by atoms with Crippen LogP contribution in [-0.2, 0) is 11.0 Å². The number of benzene rings is 1. The minimum absolute atomic E-state index is 0.267. The minimum Gasteiger partial charge on any atom is -0.340 e. The standard InChI is InChI=1S/C19H19F4N3O/c1-13(26-10-7-17(24-26)19(21,22)23)18(27)25-8-5-14(6-9-25)11-15-3-2-4-16(20)12-15/h2-4,7,10-13H,5-6,8-9H2,1H3. The van der Waals surface area contributed by atoms with Crippen LogP contribution in [0.25, 0.3) is 6.08 Å². The summed E-state index contributed by atoms with van der Waals surface area (Å²) in [5.74, 6) is -0.570. The number of rotatable bonds is 3. The van der Waals surface area contributed by atoms with E-state index in [2.05, 4.69) is 5.10 Å². The first-order valence-electron chi connectivity index (χ1n) is 8.60. The fourth-order valence-electron chi connectivity index (χ4n) is 3.07. The molecule has 1 unspecified atom stereocenters. The Morgan fingerprint density at radius 2 is 1.93 bits per heavy atom. The number of alkyl halides is 3. The number of likely N-dealkylation sites (tertiary alicyclic amines) is 1. The molecule has 0 aliphatic carbocycles. The van der Waals surface area contributed by atoms with E-state index in [1.165, 1.54) is 25.3 Å². The first-order chi connectivity index (χ1) is 12.7. The van der Waals surface area contributed by atoms with Gasteiger partial charge in [0.05, 0.1) is 0 Å². The minimum atomic E-state index is -4.53. The number of aromatic nitrogens is 2. The highest BCUT2D eigenvalue weighted by Gasteiger charge is 2.34. The Morgan fingerprint density at radius 1 is 1.22 bits per heavy atom. The van der Waals surface area contributed by atoms with Gasteiger partial charge in [0.25, 0.3) is 0 Å². The molecule has 1 aromatic carbocycles. The molecule has 27 heavy (non-hydrogen) atoms. The maximum atomic E-state index is 13.3. The van der Waals surface area contributed by atoms with Crippen molar-refractivity contribution < 1.29 is 22.4 Å². The van der Waals surface area contributed by atoms with Crippen LogP contribution >= 0.6 is 0 Å². The molecule has 1 amide bonds. The summed E-state index contributed by atoms with van der Waals surface area (Å²) >= 11 is 0. The third-order valence-corrected chi connectivity index (χ3v) is 4.59. The fraction of sp³-hybridized carbons (Fsp3) is 0.368. The Kier molecular flexibility index (Phi) is 5.34. The molecule has 8 heteroatoms. The van der Waals surface area contributed by atoms with Gasteiger partial charge in [-0.1, -0.05) is 23.8 Å². The van der Waals surface area contributed by atoms with Crippen LogP contribution in [0, 0.1) is 5.82 Å². The molecule has 1 saturated heterocycles. The zero-order chi connectivity index (χ0) is 19.6. The Morgan fingerprint density at radius 3 is 2.52 bits per heavy atom. The average Bonchev–Trinajstić information content (AvgIpc) is 3.12. The molecule has 3 rings (SSSR count). The van der Waals surface area contributed by atoms with Crippen LogP contribution in [0.4, 0.5) is 17.6 Å². The van der Waals surface area contributed by atoms with Crippen LogP contribution in [-0.4, -0.2) is 33.7 Å². The van der Waals surface area contributed by atoms with Gasteiger partial charge >= 0.3 is 6.18 Å². The van der Waals surface area contributed by atoms with Gasteiger partial charge in [-0.15, -0.1) is 0 Å². The highest BCUT2D eigenvalue weighted by Crippen LogP contribution is 2.28. The lowest BCUT2D eigenvalue weighted by atomic mass is 10.0. The summed E-state index contributed by atoms with van der Waals surface area (Å²) in [5.41, 5.74) is 0.867. The number of amides is 1. The zero-order valence-electron chi connectivity index (χ0n) is 14.7. The predicted molar refractivity (Wildman–Crippen MR) is 92.1 cm³/mol. The molecule has 1 aromatic heterocycles. The van der Waals surface area contributed by atoms with Crippen LogP contribution in [0.2, 0.25) is 0 Å². The second-order valence-electron chi connectivity index (χ2n) is 6.54.